The average molecular weight is 290 g/mol. The fraction of sp³-hybridized carbons (Fsp3) is 0.545. The lowest BCUT2D eigenvalue weighted by atomic mass is 10.1. The fourth-order valence-corrected chi connectivity index (χ4v) is 2.03. The second-order valence-electron chi connectivity index (χ2n) is 4.31. The van der Waals surface area contributed by atoms with Crippen molar-refractivity contribution in [2.75, 3.05) is 17.7 Å². The third kappa shape index (κ3) is 2.64. The number of pyridine rings is 1. The SMILES string of the molecule is Cc1cc(NCC2(CCl)CC2)ncc1Br. The van der Waals surface area contributed by atoms with Gasteiger partial charge in [0.2, 0.25) is 0 Å². The van der Waals surface area contributed by atoms with Crippen molar-refractivity contribution >= 4 is 33.3 Å². The molecule has 0 bridgehead atoms. The minimum Gasteiger partial charge on any atom is -0.369 e. The number of anilines is 1. The van der Waals surface area contributed by atoms with Crippen molar-refractivity contribution in [1.29, 1.82) is 0 Å². The van der Waals surface area contributed by atoms with Gasteiger partial charge in [0.05, 0.1) is 0 Å². The zero-order chi connectivity index (χ0) is 10.9. The molecule has 4 heteroatoms. The molecule has 82 valence electrons. The van der Waals surface area contributed by atoms with Gasteiger partial charge in [0.25, 0.3) is 0 Å². The Morgan fingerprint density at radius 2 is 2.33 bits per heavy atom. The van der Waals surface area contributed by atoms with Crippen molar-refractivity contribution in [3.05, 3.63) is 22.3 Å². The van der Waals surface area contributed by atoms with Crippen molar-refractivity contribution in [3.63, 3.8) is 0 Å². The Morgan fingerprint density at radius 1 is 1.60 bits per heavy atom. The Kier molecular flexibility index (Phi) is 3.21. The van der Waals surface area contributed by atoms with Crippen LogP contribution in [0.3, 0.4) is 0 Å². The van der Waals surface area contributed by atoms with Crippen LogP contribution in [-0.4, -0.2) is 17.4 Å². The van der Waals surface area contributed by atoms with Crippen LogP contribution in [0.15, 0.2) is 16.7 Å². The number of nitrogens with one attached hydrogen (secondary N) is 1. The van der Waals surface area contributed by atoms with E-state index >= 15 is 0 Å². The van der Waals surface area contributed by atoms with Crippen molar-refractivity contribution < 1.29 is 0 Å². The van der Waals surface area contributed by atoms with E-state index in [9.17, 15) is 0 Å². The molecule has 0 unspecified atom stereocenters. The van der Waals surface area contributed by atoms with Gasteiger partial charge < -0.3 is 5.32 Å². The Bertz CT molecular complexity index is 364. The first-order chi connectivity index (χ1) is 7.15. The number of alkyl halides is 1. The highest BCUT2D eigenvalue weighted by atomic mass is 79.9. The van der Waals surface area contributed by atoms with Crippen LogP contribution < -0.4 is 5.32 Å². The molecule has 1 heterocycles. The molecule has 1 aromatic heterocycles. The van der Waals surface area contributed by atoms with Gasteiger partial charge in [0, 0.05) is 28.5 Å². The lowest BCUT2D eigenvalue weighted by Gasteiger charge is -2.13. The Hall–Kier alpha value is -0.280. The standard InChI is InChI=1S/C11H14BrClN2/c1-8-4-10(14-5-9(8)12)15-7-11(6-13)2-3-11/h4-5H,2-3,6-7H2,1H3,(H,14,15). The lowest BCUT2D eigenvalue weighted by molar-refractivity contribution is 0.617. The fourth-order valence-electron chi connectivity index (χ4n) is 1.45. The molecule has 0 atom stereocenters. The van der Waals surface area contributed by atoms with Crippen LogP contribution in [0.5, 0.6) is 0 Å². The Morgan fingerprint density at radius 3 is 2.87 bits per heavy atom. The van der Waals surface area contributed by atoms with E-state index in [1.807, 2.05) is 12.3 Å². The predicted octanol–water partition coefficient (Wildman–Crippen LogP) is 3.58. The number of hydrogen-bond donors (Lipinski definition) is 1. The molecule has 1 aliphatic rings. The van der Waals surface area contributed by atoms with Crippen molar-refractivity contribution in [2.45, 2.75) is 19.8 Å². The number of rotatable bonds is 4. The molecule has 15 heavy (non-hydrogen) atoms. The van der Waals surface area contributed by atoms with Gasteiger partial charge in [0.1, 0.15) is 5.82 Å². The molecule has 0 aliphatic heterocycles. The second kappa shape index (κ2) is 4.30. The zero-order valence-corrected chi connectivity index (χ0v) is 11.0. The molecular weight excluding hydrogens is 275 g/mol. The molecule has 0 spiro atoms. The van der Waals surface area contributed by atoms with E-state index in [0.29, 0.717) is 5.41 Å². The molecule has 1 aliphatic carbocycles. The number of nitrogens with zero attached hydrogens (tertiary/aromatic N) is 1. The molecule has 1 saturated carbocycles. The van der Waals surface area contributed by atoms with E-state index in [4.69, 9.17) is 11.6 Å². The smallest absolute Gasteiger partial charge is 0.126 e. The van der Waals surface area contributed by atoms with E-state index in [0.717, 1.165) is 22.7 Å². The molecular formula is C11H14BrClN2. The van der Waals surface area contributed by atoms with Crippen molar-refractivity contribution in [2.24, 2.45) is 5.41 Å². The summed E-state index contributed by atoms with van der Waals surface area (Å²) in [5.41, 5.74) is 1.53. The summed E-state index contributed by atoms with van der Waals surface area (Å²) in [6, 6.07) is 2.05. The number of halogens is 2. The summed E-state index contributed by atoms with van der Waals surface area (Å²) < 4.78 is 1.05. The first-order valence-electron chi connectivity index (χ1n) is 5.07. The van der Waals surface area contributed by atoms with Gasteiger partial charge in [-0.25, -0.2) is 4.98 Å². The summed E-state index contributed by atoms with van der Waals surface area (Å²) in [5, 5.41) is 3.35. The van der Waals surface area contributed by atoms with Crippen molar-refractivity contribution in [1.82, 2.24) is 4.98 Å². The first-order valence-corrected chi connectivity index (χ1v) is 6.40. The molecule has 0 saturated heterocycles. The van der Waals surface area contributed by atoms with Gasteiger partial charge in [-0.3, -0.25) is 0 Å². The topological polar surface area (TPSA) is 24.9 Å². The molecule has 2 rings (SSSR count). The van der Waals surface area contributed by atoms with Gasteiger partial charge in [-0.05, 0) is 47.3 Å². The van der Waals surface area contributed by atoms with Gasteiger partial charge in [0.15, 0.2) is 0 Å². The maximum atomic E-state index is 5.91. The molecule has 0 aromatic carbocycles. The number of hydrogen-bond acceptors (Lipinski definition) is 2. The summed E-state index contributed by atoms with van der Waals surface area (Å²) in [4.78, 5) is 4.30. The minimum absolute atomic E-state index is 0.338. The molecule has 2 nitrogen and oxygen atoms in total. The van der Waals surface area contributed by atoms with E-state index in [1.54, 1.807) is 0 Å². The third-order valence-electron chi connectivity index (χ3n) is 2.93. The van der Waals surface area contributed by atoms with Crippen LogP contribution in [0.25, 0.3) is 0 Å². The normalized spacial score (nSPS) is 17.5. The van der Waals surface area contributed by atoms with Crippen LogP contribution in [0.1, 0.15) is 18.4 Å². The summed E-state index contributed by atoms with van der Waals surface area (Å²) in [7, 11) is 0. The predicted molar refractivity (Wildman–Crippen MR) is 67.6 cm³/mol. The third-order valence-corrected chi connectivity index (χ3v) is 4.33. The van der Waals surface area contributed by atoms with Crippen LogP contribution in [-0.2, 0) is 0 Å². The van der Waals surface area contributed by atoms with E-state index in [1.165, 1.54) is 18.4 Å². The van der Waals surface area contributed by atoms with Crippen LogP contribution >= 0.6 is 27.5 Å². The van der Waals surface area contributed by atoms with Gasteiger partial charge in [-0.2, -0.15) is 0 Å². The molecule has 1 N–H and O–H groups in total. The summed E-state index contributed by atoms with van der Waals surface area (Å²) in [6.07, 6.45) is 4.30. The van der Waals surface area contributed by atoms with Crippen LogP contribution in [0, 0.1) is 12.3 Å². The summed E-state index contributed by atoms with van der Waals surface area (Å²) in [6.45, 7) is 3.00. The average Bonchev–Trinajstić information content (AvgIpc) is 3.01. The van der Waals surface area contributed by atoms with Crippen LogP contribution in [0.2, 0.25) is 0 Å². The monoisotopic (exact) mass is 288 g/mol. The van der Waals surface area contributed by atoms with Gasteiger partial charge in [-0.1, -0.05) is 0 Å². The maximum Gasteiger partial charge on any atom is 0.126 e. The minimum atomic E-state index is 0.338. The Balaban J connectivity index is 1.96. The number of aromatic nitrogens is 1. The Labute approximate surface area is 104 Å². The lowest BCUT2D eigenvalue weighted by Crippen LogP contribution is -2.17. The summed E-state index contributed by atoms with van der Waals surface area (Å²) >= 11 is 9.35. The molecule has 0 amide bonds. The molecule has 1 fully saturated rings. The maximum absolute atomic E-state index is 5.91. The van der Waals surface area contributed by atoms with E-state index in [2.05, 4.69) is 33.2 Å². The first kappa shape index (κ1) is 11.2. The van der Waals surface area contributed by atoms with Gasteiger partial charge in [-0.15, -0.1) is 11.6 Å². The van der Waals surface area contributed by atoms with E-state index in [-0.39, 0.29) is 0 Å². The highest BCUT2D eigenvalue weighted by Crippen LogP contribution is 2.46. The molecule has 0 radical (unpaired) electrons. The largest absolute Gasteiger partial charge is 0.369 e. The zero-order valence-electron chi connectivity index (χ0n) is 8.69. The number of aryl methyl sites for hydroxylation is 1. The molecule has 1 aromatic rings. The highest BCUT2D eigenvalue weighted by Gasteiger charge is 2.41. The summed E-state index contributed by atoms with van der Waals surface area (Å²) in [5.74, 6) is 1.68. The van der Waals surface area contributed by atoms with Crippen LogP contribution in [0.4, 0.5) is 5.82 Å². The van der Waals surface area contributed by atoms with E-state index < -0.39 is 0 Å². The van der Waals surface area contributed by atoms with Gasteiger partial charge >= 0.3 is 0 Å². The highest BCUT2D eigenvalue weighted by molar-refractivity contribution is 9.10. The quantitative estimate of drug-likeness (QED) is 0.857. The second-order valence-corrected chi connectivity index (χ2v) is 5.43. The van der Waals surface area contributed by atoms with Crippen molar-refractivity contribution in [3.8, 4) is 0 Å².